The van der Waals surface area contributed by atoms with Crippen LogP contribution in [0.25, 0.3) is 10.8 Å². The number of carbonyl (C=O) groups excluding carboxylic acids is 1. The number of esters is 1. The van der Waals surface area contributed by atoms with E-state index in [1.54, 1.807) is 21.1 Å². The fourth-order valence-electron chi connectivity index (χ4n) is 2.12. The summed E-state index contributed by atoms with van der Waals surface area (Å²) in [7, 11) is 3.39. The van der Waals surface area contributed by atoms with Crippen LogP contribution in [0.2, 0.25) is 0 Å². The number of hydrogen-bond acceptors (Lipinski definition) is 4. The highest BCUT2D eigenvalue weighted by Crippen LogP contribution is 2.40. The number of carbonyl (C=O) groups is 1. The molecule has 0 heterocycles. The van der Waals surface area contributed by atoms with Crippen molar-refractivity contribution in [1.29, 1.82) is 0 Å². The monoisotopic (exact) mass is 285 g/mol. The number of rotatable bonds is 4. The summed E-state index contributed by atoms with van der Waals surface area (Å²) in [6.45, 7) is 7.24. The fourth-order valence-corrected chi connectivity index (χ4v) is 2.12. The maximum absolute atomic E-state index is 11.9. The Labute approximate surface area is 124 Å². The van der Waals surface area contributed by atoms with Crippen molar-refractivity contribution in [3.05, 3.63) is 42.0 Å². The molecule has 1 N–H and O–H groups in total. The molecule has 0 atom stereocenters. The van der Waals surface area contributed by atoms with Crippen molar-refractivity contribution in [2.75, 3.05) is 19.5 Å². The first-order valence-electron chi connectivity index (χ1n) is 6.64. The van der Waals surface area contributed by atoms with Gasteiger partial charge in [-0.15, -0.1) is 0 Å². The highest BCUT2D eigenvalue weighted by molar-refractivity contribution is 6.01. The molecule has 2 aromatic rings. The number of fused-ring (bicyclic) bond motifs is 1. The molecular formula is C17H19NO3. The van der Waals surface area contributed by atoms with Gasteiger partial charge >= 0.3 is 5.97 Å². The molecule has 0 saturated carbocycles. The van der Waals surface area contributed by atoms with Crippen molar-refractivity contribution in [2.45, 2.75) is 13.8 Å². The summed E-state index contributed by atoms with van der Waals surface area (Å²) in [5.74, 6) is 0.771. The fraction of sp³-hybridized carbons (Fsp3) is 0.235. The smallest absolute Gasteiger partial charge is 0.338 e. The van der Waals surface area contributed by atoms with Crippen LogP contribution in [-0.4, -0.2) is 20.1 Å². The first kappa shape index (κ1) is 14.9. The first-order chi connectivity index (χ1) is 9.97. The summed E-state index contributed by atoms with van der Waals surface area (Å²) in [4.78, 5) is 11.9. The number of anilines is 1. The van der Waals surface area contributed by atoms with E-state index < -0.39 is 5.97 Å². The molecular weight excluding hydrogens is 266 g/mol. The van der Waals surface area contributed by atoms with Crippen LogP contribution in [0.5, 0.6) is 11.5 Å². The van der Waals surface area contributed by atoms with Gasteiger partial charge in [0, 0.05) is 29.5 Å². The van der Waals surface area contributed by atoms with Crippen molar-refractivity contribution in [1.82, 2.24) is 0 Å². The molecule has 0 spiro atoms. The van der Waals surface area contributed by atoms with Crippen molar-refractivity contribution in [2.24, 2.45) is 0 Å². The van der Waals surface area contributed by atoms with Gasteiger partial charge < -0.3 is 14.8 Å². The molecule has 0 radical (unpaired) electrons. The van der Waals surface area contributed by atoms with E-state index in [1.807, 2.05) is 31.2 Å². The molecule has 0 aliphatic rings. The highest BCUT2D eigenvalue weighted by atomic mass is 16.5. The predicted octanol–water partition coefficient (Wildman–Crippen LogP) is 3.68. The van der Waals surface area contributed by atoms with E-state index in [-0.39, 0.29) is 0 Å². The zero-order valence-corrected chi connectivity index (χ0v) is 12.7. The van der Waals surface area contributed by atoms with Crippen molar-refractivity contribution >= 4 is 22.4 Å². The van der Waals surface area contributed by atoms with Crippen molar-refractivity contribution < 1.29 is 14.3 Å². The van der Waals surface area contributed by atoms with Gasteiger partial charge in [-0.3, -0.25) is 0 Å². The third-order valence-corrected chi connectivity index (χ3v) is 3.24. The van der Waals surface area contributed by atoms with E-state index in [4.69, 9.17) is 9.47 Å². The molecule has 0 unspecified atom stereocenters. The van der Waals surface area contributed by atoms with Gasteiger partial charge in [0.1, 0.15) is 5.75 Å². The Morgan fingerprint density at radius 3 is 2.52 bits per heavy atom. The number of aryl methyl sites for hydroxylation is 1. The minimum atomic E-state index is -0.446. The minimum Gasteiger partial charge on any atom is -0.496 e. The Kier molecular flexibility index (Phi) is 4.17. The van der Waals surface area contributed by atoms with Gasteiger partial charge in [0.2, 0.25) is 0 Å². The molecule has 0 bridgehead atoms. The standard InChI is InChI=1S/C17H19NO3/c1-10(2)17(19)21-16-12-7-6-11(3)8-13(12)15(20-5)9-14(16)18-4/h6-9,18H,1H2,2-5H3. The lowest BCUT2D eigenvalue weighted by Gasteiger charge is -2.16. The van der Waals surface area contributed by atoms with E-state index in [1.165, 1.54) is 0 Å². The largest absolute Gasteiger partial charge is 0.496 e. The number of methoxy groups -OCH3 is 1. The summed E-state index contributed by atoms with van der Waals surface area (Å²) in [5.41, 5.74) is 2.15. The summed E-state index contributed by atoms with van der Waals surface area (Å²) in [6.07, 6.45) is 0. The van der Waals surface area contributed by atoms with Crippen molar-refractivity contribution in [3.8, 4) is 11.5 Å². The van der Waals surface area contributed by atoms with Gasteiger partial charge in [0.25, 0.3) is 0 Å². The summed E-state index contributed by atoms with van der Waals surface area (Å²) >= 11 is 0. The van der Waals surface area contributed by atoms with Gasteiger partial charge in [-0.2, -0.15) is 0 Å². The van der Waals surface area contributed by atoms with Crippen molar-refractivity contribution in [3.63, 3.8) is 0 Å². The maximum Gasteiger partial charge on any atom is 0.338 e. The zero-order valence-electron chi connectivity index (χ0n) is 12.7. The van der Waals surface area contributed by atoms with Crippen LogP contribution in [0, 0.1) is 6.92 Å². The molecule has 0 saturated heterocycles. The van der Waals surface area contributed by atoms with Crippen LogP contribution in [0.1, 0.15) is 12.5 Å². The average Bonchev–Trinajstić information content (AvgIpc) is 2.46. The number of hydrogen-bond donors (Lipinski definition) is 1. The summed E-state index contributed by atoms with van der Waals surface area (Å²) in [5, 5.41) is 4.76. The second kappa shape index (κ2) is 5.87. The Hall–Kier alpha value is -2.49. The Bertz CT molecular complexity index is 720. The summed E-state index contributed by atoms with van der Waals surface area (Å²) in [6, 6.07) is 7.73. The van der Waals surface area contributed by atoms with Crippen LogP contribution < -0.4 is 14.8 Å². The molecule has 2 rings (SSSR count). The van der Waals surface area contributed by atoms with Crippen LogP contribution >= 0.6 is 0 Å². The molecule has 4 heteroatoms. The molecule has 0 fully saturated rings. The zero-order chi connectivity index (χ0) is 15.6. The summed E-state index contributed by atoms with van der Waals surface area (Å²) < 4.78 is 10.9. The van der Waals surface area contributed by atoms with Gasteiger partial charge in [0.05, 0.1) is 12.8 Å². The van der Waals surface area contributed by atoms with E-state index in [0.717, 1.165) is 22.1 Å². The molecule has 0 amide bonds. The lowest BCUT2D eigenvalue weighted by atomic mass is 10.0. The molecule has 2 aromatic carbocycles. The molecule has 110 valence electrons. The quantitative estimate of drug-likeness (QED) is 0.529. The first-order valence-corrected chi connectivity index (χ1v) is 6.64. The lowest BCUT2D eigenvalue weighted by molar-refractivity contribution is -0.129. The topological polar surface area (TPSA) is 47.6 Å². The maximum atomic E-state index is 11.9. The SMILES string of the molecule is C=C(C)C(=O)Oc1c(NC)cc(OC)c2cc(C)ccc12. The van der Waals surface area contributed by atoms with Crippen LogP contribution in [0.3, 0.4) is 0 Å². The molecule has 4 nitrogen and oxygen atoms in total. The highest BCUT2D eigenvalue weighted by Gasteiger charge is 2.16. The lowest BCUT2D eigenvalue weighted by Crippen LogP contribution is -2.10. The molecule has 21 heavy (non-hydrogen) atoms. The van der Waals surface area contributed by atoms with Gasteiger partial charge in [-0.1, -0.05) is 24.3 Å². The number of benzene rings is 2. The normalized spacial score (nSPS) is 10.3. The predicted molar refractivity (Wildman–Crippen MR) is 85.2 cm³/mol. The number of ether oxygens (including phenoxy) is 2. The van der Waals surface area contributed by atoms with Crippen LogP contribution in [0.15, 0.2) is 36.4 Å². The van der Waals surface area contributed by atoms with Crippen LogP contribution in [-0.2, 0) is 4.79 Å². The third-order valence-electron chi connectivity index (χ3n) is 3.24. The average molecular weight is 285 g/mol. The molecule has 0 aliphatic carbocycles. The van der Waals surface area contributed by atoms with E-state index in [9.17, 15) is 4.79 Å². The Morgan fingerprint density at radius 2 is 1.95 bits per heavy atom. The van der Waals surface area contributed by atoms with E-state index in [0.29, 0.717) is 17.0 Å². The molecule has 0 aliphatic heterocycles. The van der Waals surface area contributed by atoms with Gasteiger partial charge in [-0.05, 0) is 19.9 Å². The number of nitrogens with one attached hydrogen (secondary N) is 1. The Morgan fingerprint density at radius 1 is 1.24 bits per heavy atom. The molecule has 0 aromatic heterocycles. The van der Waals surface area contributed by atoms with Gasteiger partial charge in [-0.25, -0.2) is 4.79 Å². The second-order valence-corrected chi connectivity index (χ2v) is 4.92. The second-order valence-electron chi connectivity index (χ2n) is 4.92. The Balaban J connectivity index is 2.72. The minimum absolute atomic E-state index is 0.355. The van der Waals surface area contributed by atoms with E-state index in [2.05, 4.69) is 11.9 Å². The van der Waals surface area contributed by atoms with Gasteiger partial charge in [0.15, 0.2) is 5.75 Å². The van der Waals surface area contributed by atoms with Crippen LogP contribution in [0.4, 0.5) is 5.69 Å². The van der Waals surface area contributed by atoms with E-state index >= 15 is 0 Å². The third kappa shape index (κ3) is 2.84.